The van der Waals surface area contributed by atoms with Gasteiger partial charge in [0.05, 0.1) is 52.5 Å². The van der Waals surface area contributed by atoms with Crippen molar-refractivity contribution in [2.75, 3.05) is 65.4 Å². The fraction of sp³-hybridized carbons (Fsp3) is 0.292. The van der Waals surface area contributed by atoms with Gasteiger partial charge in [-0.2, -0.15) is 0 Å². The van der Waals surface area contributed by atoms with Crippen LogP contribution in [0.4, 0.5) is 8.78 Å². The highest BCUT2D eigenvalue weighted by atomic mass is 32.2. The van der Waals surface area contributed by atoms with Crippen LogP contribution in [-0.4, -0.2) is 77.3 Å². The third-order valence-corrected chi connectivity index (χ3v) is 11.6. The van der Waals surface area contributed by atoms with Crippen LogP contribution in [-0.2, 0) is 33.3 Å². The predicted octanol–water partition coefficient (Wildman–Crippen LogP) is 10.7. The van der Waals surface area contributed by atoms with Gasteiger partial charge in [-0.3, -0.25) is 9.59 Å². The number of carbonyl (C=O) groups excluding carboxylic acids is 2. The van der Waals surface area contributed by atoms with E-state index >= 15 is 0 Å². The van der Waals surface area contributed by atoms with Gasteiger partial charge in [0.1, 0.15) is 24.8 Å². The number of esters is 2. The molecule has 0 fully saturated rings. The lowest BCUT2D eigenvalue weighted by molar-refractivity contribution is -0.144. The Morgan fingerprint density at radius 1 is 0.508 bits per heavy atom. The van der Waals surface area contributed by atoms with Crippen LogP contribution in [0.25, 0.3) is 34.4 Å². The van der Waals surface area contributed by atoms with Gasteiger partial charge in [-0.25, -0.2) is 8.78 Å². The quantitative estimate of drug-likeness (QED) is 0.0491. The molecule has 0 aliphatic heterocycles. The first kappa shape index (κ1) is 43.8. The first-order valence-electron chi connectivity index (χ1n) is 19.4. The van der Waals surface area contributed by atoms with E-state index in [4.69, 9.17) is 23.7 Å². The van der Waals surface area contributed by atoms with E-state index in [-0.39, 0.29) is 50.9 Å². The minimum absolute atomic E-state index is 0.0217. The Labute approximate surface area is 353 Å². The Kier molecular flexibility index (Phi) is 15.9. The van der Waals surface area contributed by atoms with Crippen molar-refractivity contribution in [3.63, 3.8) is 0 Å². The van der Waals surface area contributed by atoms with Crippen molar-refractivity contribution in [3.05, 3.63) is 141 Å². The van der Waals surface area contributed by atoms with Crippen LogP contribution in [0.2, 0.25) is 0 Å². The molecule has 0 spiro atoms. The van der Waals surface area contributed by atoms with Crippen molar-refractivity contribution in [2.24, 2.45) is 0 Å². The van der Waals surface area contributed by atoms with Crippen molar-refractivity contribution in [1.29, 1.82) is 0 Å². The molecule has 4 aromatic rings. The zero-order chi connectivity index (χ0) is 41.7. The van der Waals surface area contributed by atoms with Crippen molar-refractivity contribution in [2.45, 2.75) is 36.5 Å². The number of fused-ring (bicyclic) bond motifs is 2. The second-order valence-corrected chi connectivity index (χ2v) is 15.6. The highest BCUT2D eigenvalue weighted by molar-refractivity contribution is 7.98. The summed E-state index contributed by atoms with van der Waals surface area (Å²) in [5.41, 5.74) is 10.5. The molecule has 0 saturated carbocycles. The number of rotatable bonds is 20. The summed E-state index contributed by atoms with van der Waals surface area (Å²) in [6.45, 7) is 5.75. The molecule has 0 aromatic heterocycles. The summed E-state index contributed by atoms with van der Waals surface area (Å²) in [6.07, 6.45) is 8.24. The number of halogens is 2. The molecule has 0 N–H and O–H groups in total. The first-order chi connectivity index (χ1) is 28.6. The second kappa shape index (κ2) is 21.5. The van der Waals surface area contributed by atoms with Crippen LogP contribution in [0.1, 0.15) is 60.1 Å². The smallest absolute Gasteiger partial charge is 0.310 e. The highest BCUT2D eigenvalue weighted by Crippen LogP contribution is 2.45. The van der Waals surface area contributed by atoms with Gasteiger partial charge in [-0.15, -0.1) is 23.5 Å². The lowest BCUT2D eigenvalue weighted by Crippen LogP contribution is -2.15. The minimum Gasteiger partial charge on any atom is -0.463 e. The van der Waals surface area contributed by atoms with Crippen LogP contribution in [0.15, 0.2) is 106 Å². The number of carbonyl (C=O) groups is 2. The molecule has 0 unspecified atom stereocenters. The summed E-state index contributed by atoms with van der Waals surface area (Å²) in [5.74, 6) is -1.54. The highest BCUT2D eigenvalue weighted by Gasteiger charge is 2.27. The molecule has 0 heterocycles. The molecule has 59 heavy (non-hydrogen) atoms. The number of thioether (sulfide) groups is 2. The van der Waals surface area contributed by atoms with Gasteiger partial charge in [0.25, 0.3) is 0 Å². The molecule has 6 rings (SSSR count). The van der Waals surface area contributed by atoms with Crippen molar-refractivity contribution < 1.29 is 42.1 Å². The summed E-state index contributed by atoms with van der Waals surface area (Å²) >= 11 is 3.35. The van der Waals surface area contributed by atoms with Gasteiger partial charge in [-0.1, -0.05) is 36.4 Å². The van der Waals surface area contributed by atoms with Crippen molar-refractivity contribution in [3.8, 4) is 0 Å². The van der Waals surface area contributed by atoms with Crippen LogP contribution in [0.3, 0.4) is 0 Å². The van der Waals surface area contributed by atoms with Gasteiger partial charge in [0.2, 0.25) is 0 Å². The molecular weight excluding hydrogens is 791 g/mol. The average Bonchev–Trinajstić information content (AvgIpc) is 3.63. The Morgan fingerprint density at radius 3 is 1.22 bits per heavy atom. The SMILES string of the molecule is CSc1ccc(/C=C2/C(C)=C(CC(=O)OCCOCCOCCOCCOC(=O)CC3=C(C)/C(=C/c4ccc(SC)cc4)c4ccc(F)cc43)c3cc(F)ccc32)cc1. The number of benzene rings is 4. The maximum Gasteiger partial charge on any atom is 0.310 e. The lowest BCUT2D eigenvalue weighted by Gasteiger charge is -2.10. The Hall–Kier alpha value is -4.78. The van der Waals surface area contributed by atoms with Gasteiger partial charge >= 0.3 is 11.9 Å². The van der Waals surface area contributed by atoms with Gasteiger partial charge in [-0.05, 0) is 154 Å². The third kappa shape index (κ3) is 11.7. The van der Waals surface area contributed by atoms with E-state index in [2.05, 4.69) is 36.4 Å². The number of allylic oxidation sites excluding steroid dienone is 4. The van der Waals surface area contributed by atoms with E-state index < -0.39 is 11.9 Å². The molecule has 4 aromatic carbocycles. The molecular formula is C48H48F2O7S2. The molecule has 0 radical (unpaired) electrons. The third-order valence-electron chi connectivity index (χ3n) is 10.1. The van der Waals surface area contributed by atoms with E-state index in [0.717, 1.165) is 55.7 Å². The van der Waals surface area contributed by atoms with Crippen LogP contribution >= 0.6 is 23.5 Å². The zero-order valence-corrected chi connectivity index (χ0v) is 35.4. The average molecular weight is 839 g/mol. The molecule has 7 nitrogen and oxygen atoms in total. The minimum atomic E-state index is -0.413. The summed E-state index contributed by atoms with van der Waals surface area (Å²) in [4.78, 5) is 28.0. The standard InChI is InChI=1S/C48H48F2O7S2/c1-31-41(25-33-5-11-37(58-3)12-6-33)39-15-9-35(49)27-45(39)43(31)29-47(51)56-23-21-54-19-17-53-18-20-55-22-24-57-48(52)30-44-32(2)42(40-16-10-36(50)28-46(40)44)26-34-7-13-38(59-4)14-8-34/h5-16,25-28H,17-24,29-30H2,1-4H3/b41-25-,42-26-. The van der Waals surface area contributed by atoms with Crippen LogP contribution in [0.5, 0.6) is 0 Å². The van der Waals surface area contributed by atoms with Crippen molar-refractivity contribution >= 4 is 69.9 Å². The predicted molar refractivity (Wildman–Crippen MR) is 234 cm³/mol. The van der Waals surface area contributed by atoms with Gasteiger partial charge in [0.15, 0.2) is 0 Å². The Bertz CT molecular complexity index is 2100. The summed E-state index contributed by atoms with van der Waals surface area (Å²) < 4.78 is 56.1. The van der Waals surface area contributed by atoms with E-state index in [9.17, 15) is 18.4 Å². The summed E-state index contributed by atoms with van der Waals surface area (Å²) in [7, 11) is 0. The molecule has 0 amide bonds. The fourth-order valence-corrected chi connectivity index (χ4v) is 7.87. The van der Waals surface area contributed by atoms with E-state index in [1.165, 1.54) is 34.1 Å². The summed E-state index contributed by atoms with van der Waals surface area (Å²) in [6, 6.07) is 25.8. The molecule has 0 atom stereocenters. The molecule has 0 bridgehead atoms. The monoisotopic (exact) mass is 838 g/mol. The lowest BCUT2D eigenvalue weighted by atomic mass is 10.0. The molecule has 11 heteroatoms. The number of hydrogen-bond donors (Lipinski definition) is 0. The maximum absolute atomic E-state index is 14.3. The molecule has 308 valence electrons. The van der Waals surface area contributed by atoms with E-state index in [1.807, 2.05) is 50.6 Å². The van der Waals surface area contributed by atoms with Crippen molar-refractivity contribution in [1.82, 2.24) is 0 Å². The largest absolute Gasteiger partial charge is 0.463 e. The van der Waals surface area contributed by atoms with Crippen LogP contribution < -0.4 is 0 Å². The summed E-state index contributed by atoms with van der Waals surface area (Å²) in [5, 5.41) is 0. The fourth-order valence-electron chi connectivity index (χ4n) is 7.06. The normalized spacial score (nSPS) is 14.7. The molecule has 0 saturated heterocycles. The van der Waals surface area contributed by atoms with E-state index in [0.29, 0.717) is 37.6 Å². The second-order valence-electron chi connectivity index (χ2n) is 13.9. The maximum atomic E-state index is 14.3. The van der Waals surface area contributed by atoms with Gasteiger partial charge < -0.3 is 23.7 Å². The number of hydrogen-bond acceptors (Lipinski definition) is 9. The topological polar surface area (TPSA) is 80.3 Å². The van der Waals surface area contributed by atoms with E-state index in [1.54, 1.807) is 35.7 Å². The first-order valence-corrected chi connectivity index (χ1v) is 21.9. The number of ether oxygens (including phenoxy) is 5. The zero-order valence-electron chi connectivity index (χ0n) is 33.7. The molecule has 2 aliphatic carbocycles. The van der Waals surface area contributed by atoms with Gasteiger partial charge in [0, 0.05) is 9.79 Å². The van der Waals surface area contributed by atoms with Crippen LogP contribution in [0, 0.1) is 11.6 Å². The Morgan fingerprint density at radius 2 is 0.864 bits per heavy atom. The molecule has 2 aliphatic rings. The Balaban J connectivity index is 0.845.